The second-order valence-corrected chi connectivity index (χ2v) is 23.3. The van der Waals surface area contributed by atoms with Gasteiger partial charge in [-0.05, 0) is 97.7 Å². The standard InChI is InChI=1S/C65H65N4O.Pt/c1-42-31-60(66-40-56(42)44-23-19-24-45(32-44)62(2,3)4)69-57-27-18-17-25-54(57)55-30-29-51(39-59(55)69)70-52-37-48(65(11,12)13)36-50(38-52)67-41-68(49-34-46(63(5,6)7)33-47(35-49)64(8,9)10)61-53(26-20-28-58(61)67)43-21-15-14-16-22-43;/h14-37,40-41H,1-13H3;/q-3;. The molecule has 364 valence electrons. The van der Waals surface area contributed by atoms with Gasteiger partial charge in [-0.25, -0.2) is 4.98 Å². The molecule has 0 bridgehead atoms. The van der Waals surface area contributed by atoms with Gasteiger partial charge < -0.3 is 19.1 Å². The SMILES string of the molecule is Cc1cc(-n2c3[c-]c(Oc4[c-]c(N5[CH-]N(c6cc(C(C)(C)C)cc(C(C)(C)C)c6)c6c(-c7ccccc7)cccc65)cc(C(C)(C)C)c4)ccc3c3ccccc32)ncc1-c1cccc(C(C)(C)C)c1.[Pt]. The Morgan fingerprint density at radius 1 is 0.507 bits per heavy atom. The summed E-state index contributed by atoms with van der Waals surface area (Å²) in [6.07, 6.45) is 2.02. The van der Waals surface area contributed by atoms with Crippen molar-refractivity contribution in [1.29, 1.82) is 0 Å². The summed E-state index contributed by atoms with van der Waals surface area (Å²) in [7, 11) is 0. The minimum absolute atomic E-state index is 0. The van der Waals surface area contributed by atoms with Gasteiger partial charge in [0.1, 0.15) is 5.82 Å². The summed E-state index contributed by atoms with van der Waals surface area (Å²) in [6.45, 7) is 31.7. The first-order chi connectivity index (χ1) is 33.1. The third kappa shape index (κ3) is 9.59. The number of rotatable bonds is 7. The van der Waals surface area contributed by atoms with Crippen molar-refractivity contribution < 1.29 is 25.8 Å². The summed E-state index contributed by atoms with van der Waals surface area (Å²) in [5.74, 6) is 2.06. The van der Waals surface area contributed by atoms with Crippen LogP contribution in [-0.2, 0) is 42.7 Å². The van der Waals surface area contributed by atoms with Gasteiger partial charge in [0.15, 0.2) is 0 Å². The Kier molecular flexibility index (Phi) is 12.8. The van der Waals surface area contributed by atoms with Gasteiger partial charge in [0.2, 0.25) is 0 Å². The fourth-order valence-electron chi connectivity index (χ4n) is 9.62. The number of benzene rings is 7. The van der Waals surface area contributed by atoms with Crippen molar-refractivity contribution >= 4 is 44.6 Å². The molecule has 0 radical (unpaired) electrons. The largest absolute Gasteiger partial charge is 0.509 e. The van der Waals surface area contributed by atoms with E-state index in [1.165, 1.54) is 22.3 Å². The van der Waals surface area contributed by atoms with Gasteiger partial charge in [-0.2, -0.15) is 6.07 Å². The molecular formula is C65H65N4OPt-3. The van der Waals surface area contributed by atoms with Gasteiger partial charge >= 0.3 is 0 Å². The van der Waals surface area contributed by atoms with Crippen LogP contribution in [0.2, 0.25) is 0 Å². The Morgan fingerprint density at radius 3 is 1.82 bits per heavy atom. The van der Waals surface area contributed by atoms with Gasteiger partial charge in [0.05, 0.1) is 0 Å². The van der Waals surface area contributed by atoms with E-state index in [0.29, 0.717) is 11.5 Å². The molecule has 10 rings (SSSR count). The number of pyridine rings is 1. The quantitative estimate of drug-likeness (QED) is 0.149. The average Bonchev–Trinajstić information content (AvgIpc) is 3.87. The summed E-state index contributed by atoms with van der Waals surface area (Å²) in [4.78, 5) is 9.81. The molecule has 5 nitrogen and oxygen atoms in total. The molecule has 1 aliphatic rings. The molecule has 0 N–H and O–H groups in total. The molecule has 0 unspecified atom stereocenters. The van der Waals surface area contributed by atoms with Crippen LogP contribution >= 0.6 is 0 Å². The Labute approximate surface area is 436 Å². The molecule has 6 heteroatoms. The monoisotopic (exact) mass is 1110 g/mol. The second kappa shape index (κ2) is 18.3. The topological polar surface area (TPSA) is 33.5 Å². The van der Waals surface area contributed by atoms with Crippen LogP contribution in [0.5, 0.6) is 11.5 Å². The number of para-hydroxylation sites is 2. The zero-order valence-corrected chi connectivity index (χ0v) is 45.8. The van der Waals surface area contributed by atoms with E-state index in [-0.39, 0.29) is 42.7 Å². The smallest absolute Gasteiger partial charge is 0.135 e. The molecule has 0 saturated heterocycles. The maximum absolute atomic E-state index is 6.95. The average molecular weight is 1110 g/mol. The van der Waals surface area contributed by atoms with Crippen molar-refractivity contribution in [2.24, 2.45) is 0 Å². The molecular weight excluding hydrogens is 1050 g/mol. The van der Waals surface area contributed by atoms with Crippen LogP contribution in [0.1, 0.15) is 111 Å². The van der Waals surface area contributed by atoms with Gasteiger partial charge in [0, 0.05) is 72.5 Å². The molecule has 0 spiro atoms. The van der Waals surface area contributed by atoms with E-state index in [4.69, 9.17) is 9.72 Å². The van der Waals surface area contributed by atoms with E-state index < -0.39 is 0 Å². The molecule has 0 atom stereocenters. The van der Waals surface area contributed by atoms with E-state index in [1.54, 1.807) is 0 Å². The third-order valence-corrected chi connectivity index (χ3v) is 13.9. The van der Waals surface area contributed by atoms with Crippen LogP contribution in [0.15, 0.2) is 152 Å². The first-order valence-electron chi connectivity index (χ1n) is 24.7. The van der Waals surface area contributed by atoms with E-state index in [2.05, 4.69) is 263 Å². The van der Waals surface area contributed by atoms with Crippen molar-refractivity contribution in [3.05, 3.63) is 198 Å². The first kappa shape index (κ1) is 49.6. The summed E-state index contributed by atoms with van der Waals surface area (Å²) in [5.41, 5.74) is 16.7. The van der Waals surface area contributed by atoms with Gasteiger partial charge in [-0.15, -0.1) is 53.6 Å². The number of aromatic nitrogens is 2. The van der Waals surface area contributed by atoms with E-state index >= 15 is 0 Å². The number of aryl methyl sites for hydroxylation is 1. The minimum Gasteiger partial charge on any atom is -0.509 e. The summed E-state index contributed by atoms with van der Waals surface area (Å²) in [6, 6.07) is 60.1. The molecule has 0 saturated carbocycles. The van der Waals surface area contributed by atoms with E-state index in [9.17, 15) is 0 Å². The van der Waals surface area contributed by atoms with Crippen molar-refractivity contribution in [2.75, 3.05) is 9.80 Å². The normalized spacial score (nSPS) is 13.2. The number of nitrogens with zero attached hydrogens (tertiary/aromatic N) is 4. The Morgan fingerprint density at radius 2 is 1.14 bits per heavy atom. The molecule has 9 aromatic rings. The minimum atomic E-state index is -0.192. The number of fused-ring (bicyclic) bond motifs is 4. The predicted octanol–water partition coefficient (Wildman–Crippen LogP) is 17.8. The first-order valence-corrected chi connectivity index (χ1v) is 24.7. The fourth-order valence-corrected chi connectivity index (χ4v) is 9.62. The summed E-state index contributed by atoms with van der Waals surface area (Å²) < 4.78 is 9.17. The van der Waals surface area contributed by atoms with Crippen LogP contribution < -0.4 is 14.5 Å². The van der Waals surface area contributed by atoms with E-state index in [0.717, 1.165) is 78.2 Å². The second-order valence-electron chi connectivity index (χ2n) is 23.3. The van der Waals surface area contributed by atoms with Gasteiger partial charge in [-0.1, -0.05) is 180 Å². The zero-order chi connectivity index (χ0) is 49.5. The third-order valence-electron chi connectivity index (χ3n) is 13.9. The summed E-state index contributed by atoms with van der Waals surface area (Å²) >= 11 is 0. The Bertz CT molecular complexity index is 3420. The van der Waals surface area contributed by atoms with Crippen LogP contribution in [-0.4, -0.2) is 9.55 Å². The molecule has 0 fully saturated rings. The zero-order valence-electron chi connectivity index (χ0n) is 43.5. The fraction of sp³-hybridized carbons (Fsp3) is 0.262. The van der Waals surface area contributed by atoms with Crippen LogP contribution in [0.25, 0.3) is 49.9 Å². The number of hydrogen-bond donors (Lipinski definition) is 0. The number of ether oxygens (including phenoxy) is 1. The van der Waals surface area contributed by atoms with Crippen molar-refractivity contribution in [2.45, 2.75) is 112 Å². The molecule has 2 aromatic heterocycles. The summed E-state index contributed by atoms with van der Waals surface area (Å²) in [5, 5.41) is 2.22. The van der Waals surface area contributed by atoms with Gasteiger partial charge in [-0.3, -0.25) is 0 Å². The maximum atomic E-state index is 6.95. The van der Waals surface area contributed by atoms with Crippen molar-refractivity contribution in [1.82, 2.24) is 9.55 Å². The predicted molar refractivity (Wildman–Crippen MR) is 295 cm³/mol. The van der Waals surface area contributed by atoms with Crippen molar-refractivity contribution in [3.8, 4) is 39.6 Å². The van der Waals surface area contributed by atoms with Gasteiger partial charge in [0.25, 0.3) is 0 Å². The number of hydrogen-bond acceptors (Lipinski definition) is 4. The molecule has 3 heterocycles. The van der Waals surface area contributed by atoms with Crippen LogP contribution in [0, 0.1) is 25.7 Å². The molecule has 1 aliphatic heterocycles. The Balaban J connectivity index is 0.00000624. The Hall–Kier alpha value is -6.42. The molecule has 0 aliphatic carbocycles. The molecule has 7 aromatic carbocycles. The van der Waals surface area contributed by atoms with Crippen molar-refractivity contribution in [3.63, 3.8) is 0 Å². The maximum Gasteiger partial charge on any atom is 0.135 e. The van der Waals surface area contributed by atoms with E-state index in [1.807, 2.05) is 12.3 Å². The van der Waals surface area contributed by atoms with Crippen LogP contribution in [0.3, 0.4) is 0 Å². The van der Waals surface area contributed by atoms with Crippen LogP contribution in [0.4, 0.5) is 22.7 Å². The molecule has 71 heavy (non-hydrogen) atoms. The number of anilines is 4. The molecule has 0 amide bonds.